The zero-order valence-corrected chi connectivity index (χ0v) is 16.5. The summed E-state index contributed by atoms with van der Waals surface area (Å²) in [7, 11) is 0. The van der Waals surface area contributed by atoms with Gasteiger partial charge in [0.05, 0.1) is 24.1 Å². The van der Waals surface area contributed by atoms with Crippen LogP contribution in [-0.2, 0) is 0 Å². The summed E-state index contributed by atoms with van der Waals surface area (Å²) >= 11 is 3.33. The van der Waals surface area contributed by atoms with E-state index in [0.717, 1.165) is 41.2 Å². The number of hydrogen-bond donors (Lipinski definition) is 1. The average Bonchev–Trinajstić information content (AvgIpc) is 3.24. The number of aryl methyl sites for hydroxylation is 2. The Morgan fingerprint density at radius 1 is 1.41 bits per heavy atom. The minimum absolute atomic E-state index is 0.0244. The molecule has 0 radical (unpaired) electrons. The molecule has 0 spiro atoms. The van der Waals surface area contributed by atoms with Crippen LogP contribution in [0.3, 0.4) is 0 Å². The molecule has 0 unspecified atom stereocenters. The van der Waals surface area contributed by atoms with Gasteiger partial charge in [0.25, 0.3) is 5.56 Å². The maximum atomic E-state index is 11.7. The predicted molar refractivity (Wildman–Crippen MR) is 103 cm³/mol. The lowest BCUT2D eigenvalue weighted by Crippen LogP contribution is -2.26. The number of aromatic amines is 1. The summed E-state index contributed by atoms with van der Waals surface area (Å²) in [5, 5.41) is 10.3. The molecular weight excluding hydrogens is 414 g/mol. The van der Waals surface area contributed by atoms with E-state index in [1.165, 1.54) is 0 Å². The minimum Gasteiger partial charge on any atom is -0.472 e. The molecule has 140 valence electrons. The highest BCUT2D eigenvalue weighted by molar-refractivity contribution is 9.10. The van der Waals surface area contributed by atoms with Crippen molar-refractivity contribution in [2.24, 2.45) is 0 Å². The van der Waals surface area contributed by atoms with Gasteiger partial charge in [-0.15, -0.1) is 0 Å². The first-order valence-electron chi connectivity index (χ1n) is 8.57. The van der Waals surface area contributed by atoms with Gasteiger partial charge < -0.3 is 14.2 Å². The maximum absolute atomic E-state index is 11.7. The Morgan fingerprint density at radius 3 is 3.04 bits per heavy atom. The highest BCUT2D eigenvalue weighted by atomic mass is 79.9. The van der Waals surface area contributed by atoms with Gasteiger partial charge in [0.1, 0.15) is 16.3 Å². The van der Waals surface area contributed by atoms with Crippen LogP contribution in [0.25, 0.3) is 11.1 Å². The Hall–Kier alpha value is -2.68. The van der Waals surface area contributed by atoms with Gasteiger partial charge in [-0.3, -0.25) is 4.79 Å². The lowest BCUT2D eigenvalue weighted by atomic mass is 10.1. The summed E-state index contributed by atoms with van der Waals surface area (Å²) in [6.07, 6.45) is 4.17. The molecule has 3 aromatic rings. The largest absolute Gasteiger partial charge is 0.472 e. The Balaban J connectivity index is 1.50. The average molecular weight is 432 g/mol. The predicted octanol–water partition coefficient (Wildman–Crippen LogP) is 2.86. The van der Waals surface area contributed by atoms with Gasteiger partial charge in [-0.05, 0) is 41.4 Å². The van der Waals surface area contributed by atoms with Gasteiger partial charge in [0.15, 0.2) is 0 Å². The topological polar surface area (TPSA) is 97.1 Å². The van der Waals surface area contributed by atoms with Crippen LogP contribution < -0.4 is 15.2 Å². The Kier molecular flexibility index (Phi) is 4.69. The number of hydrogen-bond acceptors (Lipinski definition) is 7. The molecule has 9 heteroatoms. The fourth-order valence-electron chi connectivity index (χ4n) is 3.33. The number of nitrogens with one attached hydrogen (secondary N) is 1. The molecular formula is C18H18BrN5O3. The van der Waals surface area contributed by atoms with Crippen molar-refractivity contribution >= 4 is 21.6 Å². The number of H-pyrrole nitrogens is 1. The van der Waals surface area contributed by atoms with Crippen molar-refractivity contribution in [1.82, 2.24) is 20.3 Å². The minimum atomic E-state index is -0.245. The van der Waals surface area contributed by atoms with E-state index < -0.39 is 0 Å². The zero-order chi connectivity index (χ0) is 19.0. The van der Waals surface area contributed by atoms with Crippen molar-refractivity contribution in [3.8, 4) is 17.0 Å². The molecule has 0 aromatic carbocycles. The van der Waals surface area contributed by atoms with E-state index in [1.54, 1.807) is 12.4 Å². The van der Waals surface area contributed by atoms with Crippen molar-refractivity contribution in [1.29, 1.82) is 0 Å². The highest BCUT2D eigenvalue weighted by Gasteiger charge is 2.27. The van der Waals surface area contributed by atoms with Crippen LogP contribution in [0.1, 0.15) is 17.9 Å². The van der Waals surface area contributed by atoms with E-state index >= 15 is 0 Å². The fourth-order valence-corrected chi connectivity index (χ4v) is 3.77. The first kappa shape index (κ1) is 17.7. The smallest absolute Gasteiger partial charge is 0.280 e. The van der Waals surface area contributed by atoms with Crippen LogP contribution in [0.5, 0.6) is 5.88 Å². The summed E-state index contributed by atoms with van der Waals surface area (Å²) in [5.74, 6) is 1.32. The van der Waals surface area contributed by atoms with E-state index in [-0.39, 0.29) is 11.7 Å². The number of pyridine rings is 1. The van der Waals surface area contributed by atoms with Crippen molar-refractivity contribution in [2.45, 2.75) is 26.4 Å². The number of aromatic nitrogens is 4. The summed E-state index contributed by atoms with van der Waals surface area (Å²) < 4.78 is 11.8. The molecule has 1 aliphatic heterocycles. The van der Waals surface area contributed by atoms with E-state index in [0.29, 0.717) is 16.9 Å². The van der Waals surface area contributed by atoms with Crippen LogP contribution in [0, 0.1) is 13.8 Å². The SMILES string of the molecule is Cc1noc(C)c1-c1ccnc(O[C@@H]2CCN(c3cn[nH]c(=O)c3Br)C2)c1. The monoisotopic (exact) mass is 431 g/mol. The Morgan fingerprint density at radius 2 is 2.26 bits per heavy atom. The van der Waals surface area contributed by atoms with Crippen LogP contribution in [0.4, 0.5) is 5.69 Å². The number of nitrogens with zero attached hydrogens (tertiary/aromatic N) is 4. The van der Waals surface area contributed by atoms with E-state index in [9.17, 15) is 4.79 Å². The van der Waals surface area contributed by atoms with E-state index in [4.69, 9.17) is 9.26 Å². The fraction of sp³-hybridized carbons (Fsp3) is 0.333. The van der Waals surface area contributed by atoms with Crippen LogP contribution in [-0.4, -0.2) is 39.5 Å². The van der Waals surface area contributed by atoms with Gasteiger partial charge in [-0.2, -0.15) is 5.10 Å². The molecule has 1 saturated heterocycles. The molecule has 0 aliphatic carbocycles. The first-order chi connectivity index (χ1) is 13.0. The summed E-state index contributed by atoms with van der Waals surface area (Å²) in [5.41, 5.74) is 3.29. The quantitative estimate of drug-likeness (QED) is 0.677. The molecule has 1 fully saturated rings. The van der Waals surface area contributed by atoms with Crippen molar-refractivity contribution in [3.63, 3.8) is 0 Å². The van der Waals surface area contributed by atoms with Gasteiger partial charge in [-0.1, -0.05) is 5.16 Å². The normalized spacial score (nSPS) is 16.7. The third-order valence-corrected chi connectivity index (χ3v) is 5.37. The van der Waals surface area contributed by atoms with Gasteiger partial charge in [-0.25, -0.2) is 10.1 Å². The number of anilines is 1. The second-order valence-electron chi connectivity index (χ2n) is 6.45. The molecule has 27 heavy (non-hydrogen) atoms. The lowest BCUT2D eigenvalue weighted by Gasteiger charge is -2.19. The van der Waals surface area contributed by atoms with Gasteiger partial charge >= 0.3 is 0 Å². The number of rotatable bonds is 4. The second kappa shape index (κ2) is 7.15. The molecule has 0 amide bonds. The van der Waals surface area contributed by atoms with Crippen molar-refractivity contribution < 1.29 is 9.26 Å². The Labute approximate surface area is 163 Å². The molecule has 4 heterocycles. The molecule has 8 nitrogen and oxygen atoms in total. The van der Waals surface area contributed by atoms with Crippen LogP contribution in [0.2, 0.25) is 0 Å². The molecule has 0 saturated carbocycles. The molecule has 1 aliphatic rings. The third-order valence-electron chi connectivity index (χ3n) is 4.61. The lowest BCUT2D eigenvalue weighted by molar-refractivity contribution is 0.216. The highest BCUT2D eigenvalue weighted by Crippen LogP contribution is 2.30. The summed E-state index contributed by atoms with van der Waals surface area (Å²) in [6.45, 7) is 5.23. The van der Waals surface area contributed by atoms with E-state index in [1.807, 2.05) is 26.0 Å². The molecule has 1 N–H and O–H groups in total. The standard InChI is InChI=1S/C18H18BrN5O3/c1-10-16(11(2)27-23-10)12-3-5-20-15(7-12)26-13-4-6-24(9-13)14-8-21-22-18(25)17(14)19/h3,5,7-8,13H,4,6,9H2,1-2H3,(H,22,25)/t13-/m1/s1. The van der Waals surface area contributed by atoms with E-state index in [2.05, 4.69) is 41.2 Å². The van der Waals surface area contributed by atoms with Crippen LogP contribution >= 0.6 is 15.9 Å². The summed E-state index contributed by atoms with van der Waals surface area (Å²) in [6, 6.07) is 3.82. The summed E-state index contributed by atoms with van der Waals surface area (Å²) in [4.78, 5) is 18.1. The number of halogens is 1. The van der Waals surface area contributed by atoms with Crippen LogP contribution in [0.15, 0.2) is 38.3 Å². The third kappa shape index (κ3) is 3.46. The number of ether oxygens (including phenoxy) is 1. The first-order valence-corrected chi connectivity index (χ1v) is 9.36. The molecule has 0 bridgehead atoms. The molecule has 1 atom stereocenters. The van der Waals surface area contributed by atoms with Gasteiger partial charge in [0, 0.05) is 30.8 Å². The zero-order valence-electron chi connectivity index (χ0n) is 14.9. The van der Waals surface area contributed by atoms with Crippen molar-refractivity contribution in [3.05, 3.63) is 50.8 Å². The second-order valence-corrected chi connectivity index (χ2v) is 7.25. The van der Waals surface area contributed by atoms with Gasteiger partial charge in [0.2, 0.25) is 5.88 Å². The molecule has 3 aromatic heterocycles. The van der Waals surface area contributed by atoms with Crippen molar-refractivity contribution in [2.75, 3.05) is 18.0 Å². The maximum Gasteiger partial charge on any atom is 0.280 e. The molecule has 4 rings (SSSR count). The Bertz CT molecular complexity index is 1010.